The van der Waals surface area contributed by atoms with E-state index in [1.165, 1.54) is 31.1 Å². The molecule has 11 heteroatoms. The van der Waals surface area contributed by atoms with Gasteiger partial charge in [0, 0.05) is 11.5 Å². The number of primary amides is 1. The minimum absolute atomic E-state index is 0.0150. The van der Waals surface area contributed by atoms with Crippen LogP contribution in [0.2, 0.25) is 0 Å². The largest absolute Gasteiger partial charge is 0.508 e. The number of ketones is 2. The maximum atomic E-state index is 13.8. The molecule has 0 bridgehead atoms. The molecule has 6 N–H and O–H groups in total. The number of aliphatic hydroxyl groups excluding tert-OH is 2. The van der Waals surface area contributed by atoms with E-state index in [9.17, 15) is 39.6 Å². The predicted octanol–water partition coefficient (Wildman–Crippen LogP) is 0.921. The molecule has 0 radical (unpaired) electrons. The van der Waals surface area contributed by atoms with Gasteiger partial charge >= 0.3 is 5.97 Å². The minimum Gasteiger partial charge on any atom is -0.508 e. The number of ether oxygens (including phenoxy) is 1. The van der Waals surface area contributed by atoms with Crippen LogP contribution in [0.25, 0.3) is 5.76 Å². The van der Waals surface area contributed by atoms with E-state index in [0.717, 1.165) is 6.42 Å². The number of benzene rings is 1. The molecule has 1 fully saturated rings. The standard InChI is InChI=1S/C26H30N2O9/c1-4-5-8-37-25(35)12-6-7-15(29)17-13(12)9-11-10-14-19(28(2)3)21(31)18(24(27)34)23(33)26(14,36)22(32)16(11)20(17)30/h6-7,11,14,19,29-30,33,36H,4-5,8-10H2,1-3H3,(H2,27,34)/t11-,14-,19-,26?/m0/s1. The first kappa shape index (κ1) is 26.4. The zero-order chi connectivity index (χ0) is 27.4. The number of hydrogen-bond donors (Lipinski definition) is 5. The number of likely N-dealkylation sites (N-methyl/N-ethyl adjacent to an activating group) is 1. The lowest BCUT2D eigenvalue weighted by atomic mass is 9.57. The van der Waals surface area contributed by atoms with E-state index in [1.54, 1.807) is 0 Å². The molecule has 0 aliphatic heterocycles. The third kappa shape index (κ3) is 3.80. The second-order valence-corrected chi connectivity index (χ2v) is 9.94. The highest BCUT2D eigenvalue weighted by Crippen LogP contribution is 2.52. The summed E-state index contributed by atoms with van der Waals surface area (Å²) in [5, 5.41) is 44.2. The summed E-state index contributed by atoms with van der Waals surface area (Å²) in [5.41, 5.74) is 1.68. The van der Waals surface area contributed by atoms with Gasteiger partial charge in [0.15, 0.2) is 11.4 Å². The molecule has 1 aromatic rings. The van der Waals surface area contributed by atoms with Crippen molar-refractivity contribution < 1.29 is 44.3 Å². The molecule has 1 amide bonds. The number of aliphatic hydroxyl groups is 3. The second kappa shape index (κ2) is 9.31. The molecular formula is C26H30N2O9. The van der Waals surface area contributed by atoms with Crippen molar-refractivity contribution in [3.8, 4) is 5.75 Å². The molecule has 0 saturated heterocycles. The molecule has 4 atom stereocenters. The van der Waals surface area contributed by atoms with E-state index in [0.29, 0.717) is 6.42 Å². The molecule has 1 unspecified atom stereocenters. The number of unbranched alkanes of at least 4 members (excludes halogenated alkanes) is 1. The lowest BCUT2D eigenvalue weighted by Gasteiger charge is -2.50. The number of carbonyl (C=O) groups excluding carboxylic acids is 4. The molecule has 1 saturated carbocycles. The quantitative estimate of drug-likeness (QED) is 0.207. The Hall–Kier alpha value is -3.70. The molecule has 0 heterocycles. The van der Waals surface area contributed by atoms with E-state index in [-0.39, 0.29) is 41.7 Å². The van der Waals surface area contributed by atoms with Crippen LogP contribution < -0.4 is 5.73 Å². The fourth-order valence-corrected chi connectivity index (χ4v) is 5.82. The number of nitrogens with zero attached hydrogens (tertiary/aromatic N) is 1. The molecule has 4 rings (SSSR count). The van der Waals surface area contributed by atoms with E-state index in [1.807, 2.05) is 6.92 Å². The predicted molar refractivity (Wildman–Crippen MR) is 129 cm³/mol. The van der Waals surface area contributed by atoms with Crippen LogP contribution >= 0.6 is 0 Å². The maximum absolute atomic E-state index is 13.8. The Balaban J connectivity index is 1.90. The van der Waals surface area contributed by atoms with Gasteiger partial charge in [0.05, 0.1) is 23.8 Å². The van der Waals surface area contributed by atoms with Crippen LogP contribution in [0.4, 0.5) is 0 Å². The molecule has 37 heavy (non-hydrogen) atoms. The Labute approximate surface area is 212 Å². The van der Waals surface area contributed by atoms with Crippen LogP contribution in [0.1, 0.15) is 47.7 Å². The SMILES string of the molecule is CCCCOC(=O)c1ccc(O)c2c1C[C@H]1C[C@H]3[C@H](N(C)C)C(=O)C(C(N)=O)=C(O)C3(O)C(=O)C1=C2O. The van der Waals surface area contributed by atoms with Gasteiger partial charge in [0.1, 0.15) is 22.8 Å². The first-order chi connectivity index (χ1) is 17.4. The Morgan fingerprint density at radius 3 is 2.46 bits per heavy atom. The van der Waals surface area contributed by atoms with E-state index in [4.69, 9.17) is 10.5 Å². The van der Waals surface area contributed by atoms with Gasteiger partial charge in [-0.2, -0.15) is 0 Å². The number of phenols is 1. The third-order valence-corrected chi connectivity index (χ3v) is 7.56. The highest BCUT2D eigenvalue weighted by molar-refractivity contribution is 6.24. The van der Waals surface area contributed by atoms with E-state index in [2.05, 4.69) is 0 Å². The Bertz CT molecular complexity index is 1280. The average Bonchev–Trinajstić information content (AvgIpc) is 2.81. The van der Waals surface area contributed by atoms with Crippen molar-refractivity contribution in [3.05, 3.63) is 45.7 Å². The van der Waals surface area contributed by atoms with Crippen molar-refractivity contribution in [1.29, 1.82) is 0 Å². The fourth-order valence-electron chi connectivity index (χ4n) is 5.82. The number of amides is 1. The molecule has 0 aromatic heterocycles. The number of phenolic OH excluding ortho intramolecular Hbond substituents is 1. The van der Waals surface area contributed by atoms with Crippen molar-refractivity contribution in [2.24, 2.45) is 17.6 Å². The van der Waals surface area contributed by atoms with Crippen molar-refractivity contribution in [2.45, 2.75) is 44.2 Å². The van der Waals surface area contributed by atoms with Gasteiger partial charge in [0.2, 0.25) is 5.78 Å². The summed E-state index contributed by atoms with van der Waals surface area (Å²) >= 11 is 0. The van der Waals surface area contributed by atoms with E-state index < -0.39 is 69.8 Å². The first-order valence-corrected chi connectivity index (χ1v) is 12.0. The molecular weight excluding hydrogens is 484 g/mol. The zero-order valence-electron chi connectivity index (χ0n) is 20.8. The van der Waals surface area contributed by atoms with Gasteiger partial charge in [-0.15, -0.1) is 0 Å². The zero-order valence-corrected chi connectivity index (χ0v) is 20.8. The summed E-state index contributed by atoms with van der Waals surface area (Å²) < 4.78 is 5.32. The monoisotopic (exact) mass is 514 g/mol. The Morgan fingerprint density at radius 1 is 1.19 bits per heavy atom. The average molecular weight is 515 g/mol. The molecule has 1 aromatic carbocycles. The van der Waals surface area contributed by atoms with Crippen LogP contribution in [-0.2, 0) is 25.5 Å². The van der Waals surface area contributed by atoms with Gasteiger partial charge in [-0.3, -0.25) is 19.3 Å². The molecule has 3 aliphatic carbocycles. The molecule has 0 spiro atoms. The number of carbonyl (C=O) groups is 4. The number of hydrogen-bond acceptors (Lipinski definition) is 10. The normalized spacial score (nSPS) is 27.1. The summed E-state index contributed by atoms with van der Waals surface area (Å²) in [4.78, 5) is 53.1. The smallest absolute Gasteiger partial charge is 0.338 e. The summed E-state index contributed by atoms with van der Waals surface area (Å²) in [5.74, 6) is -8.05. The van der Waals surface area contributed by atoms with Gasteiger partial charge in [-0.25, -0.2) is 4.79 Å². The number of nitrogens with two attached hydrogens (primary N) is 1. The van der Waals surface area contributed by atoms with Gasteiger partial charge in [-0.1, -0.05) is 13.3 Å². The number of rotatable bonds is 6. The van der Waals surface area contributed by atoms with Crippen molar-refractivity contribution in [3.63, 3.8) is 0 Å². The van der Waals surface area contributed by atoms with Gasteiger partial charge in [-0.05, 0) is 57.0 Å². The summed E-state index contributed by atoms with van der Waals surface area (Å²) in [6, 6.07) is 1.39. The molecule has 198 valence electrons. The number of aromatic hydroxyl groups is 1. The highest BCUT2D eigenvalue weighted by Gasteiger charge is 2.64. The second-order valence-electron chi connectivity index (χ2n) is 9.94. The van der Waals surface area contributed by atoms with Crippen LogP contribution in [0.15, 0.2) is 29.0 Å². The van der Waals surface area contributed by atoms with Gasteiger partial charge < -0.3 is 30.9 Å². The van der Waals surface area contributed by atoms with Crippen LogP contribution in [0.5, 0.6) is 5.75 Å². The number of esters is 1. The Morgan fingerprint density at radius 2 is 1.86 bits per heavy atom. The number of Topliss-reactive ketones (excluding diaryl/α,β-unsaturated/α-hetero) is 2. The fraction of sp³-hybridized carbons (Fsp3) is 0.462. The van der Waals surface area contributed by atoms with Crippen molar-refractivity contribution in [1.82, 2.24) is 4.90 Å². The van der Waals surface area contributed by atoms with Gasteiger partial charge in [0.25, 0.3) is 5.91 Å². The topological polar surface area (TPSA) is 188 Å². The highest BCUT2D eigenvalue weighted by atomic mass is 16.5. The first-order valence-electron chi connectivity index (χ1n) is 12.0. The van der Waals surface area contributed by atoms with Crippen molar-refractivity contribution >= 4 is 29.2 Å². The lowest BCUT2D eigenvalue weighted by Crippen LogP contribution is -2.65. The van der Waals surface area contributed by atoms with Crippen LogP contribution in [0, 0.1) is 11.8 Å². The number of fused-ring (bicyclic) bond motifs is 3. The minimum atomic E-state index is -2.71. The van der Waals surface area contributed by atoms with Crippen LogP contribution in [-0.4, -0.2) is 81.1 Å². The summed E-state index contributed by atoms with van der Waals surface area (Å²) in [6.45, 7) is 2.13. The Kier molecular flexibility index (Phi) is 6.63. The summed E-state index contributed by atoms with van der Waals surface area (Å²) in [6.07, 6.45) is 1.42. The maximum Gasteiger partial charge on any atom is 0.338 e. The third-order valence-electron chi connectivity index (χ3n) is 7.56. The molecule has 11 nitrogen and oxygen atoms in total. The van der Waals surface area contributed by atoms with E-state index >= 15 is 0 Å². The molecule has 3 aliphatic rings. The lowest BCUT2D eigenvalue weighted by molar-refractivity contribution is -0.153. The van der Waals surface area contributed by atoms with Crippen LogP contribution in [0.3, 0.4) is 0 Å². The van der Waals surface area contributed by atoms with Crippen molar-refractivity contribution in [2.75, 3.05) is 20.7 Å². The summed E-state index contributed by atoms with van der Waals surface area (Å²) in [7, 11) is 3.05.